The lowest BCUT2D eigenvalue weighted by molar-refractivity contribution is 0.145. The fourth-order valence-corrected chi connectivity index (χ4v) is 1.00. The van der Waals surface area contributed by atoms with E-state index in [2.05, 4.69) is 4.98 Å². The van der Waals surface area contributed by atoms with Gasteiger partial charge in [-0.25, -0.2) is 18.2 Å². The van der Waals surface area contributed by atoms with Gasteiger partial charge in [0.15, 0.2) is 11.5 Å². The Bertz CT molecular complexity index is 457. The Labute approximate surface area is 83.4 Å². The summed E-state index contributed by atoms with van der Waals surface area (Å²) < 4.78 is 37.7. The van der Waals surface area contributed by atoms with E-state index < -0.39 is 23.6 Å². The monoisotopic (exact) mass is 211 g/mol. The fraction of sp³-hybridized carbons (Fsp3) is 0.222. The molecule has 0 aliphatic rings. The van der Waals surface area contributed by atoms with Crippen LogP contribution in [0.15, 0.2) is 6.07 Å². The number of alkyl halides is 2. The normalized spacial score (nSPS) is 9.73. The third kappa shape index (κ3) is 2.23. The minimum absolute atomic E-state index is 0.237. The van der Waals surface area contributed by atoms with Gasteiger partial charge in [-0.05, 0) is 6.07 Å². The Balaban J connectivity index is 3.34. The second-order valence-corrected chi connectivity index (χ2v) is 2.62. The topological polar surface area (TPSA) is 60.5 Å². The second kappa shape index (κ2) is 4.43. The van der Waals surface area contributed by atoms with E-state index in [1.54, 1.807) is 6.07 Å². The Morgan fingerprint density at radius 1 is 1.40 bits per heavy atom. The van der Waals surface area contributed by atoms with Crippen LogP contribution >= 0.6 is 0 Å². The Morgan fingerprint density at radius 3 is 2.53 bits per heavy atom. The summed E-state index contributed by atoms with van der Waals surface area (Å²) in [5, 5.41) is 16.8. The van der Waals surface area contributed by atoms with Gasteiger partial charge in [-0.1, -0.05) is 0 Å². The van der Waals surface area contributed by atoms with Crippen molar-refractivity contribution in [1.82, 2.24) is 4.98 Å². The molecule has 0 spiro atoms. The van der Waals surface area contributed by atoms with Gasteiger partial charge < -0.3 is 0 Å². The summed E-state index contributed by atoms with van der Waals surface area (Å²) >= 11 is 0. The lowest BCUT2D eigenvalue weighted by Gasteiger charge is -2.04. The van der Waals surface area contributed by atoms with Gasteiger partial charge in [0, 0.05) is 5.56 Å². The molecule has 1 heterocycles. The summed E-state index contributed by atoms with van der Waals surface area (Å²) in [6, 6.07) is 3.78. The predicted molar refractivity (Wildman–Crippen MR) is 43.2 cm³/mol. The minimum Gasteiger partial charge on any atom is -0.233 e. The molecule has 1 aromatic rings. The van der Waals surface area contributed by atoms with Crippen LogP contribution in [0.4, 0.5) is 13.2 Å². The summed E-state index contributed by atoms with van der Waals surface area (Å²) in [6.45, 7) is 0. The van der Waals surface area contributed by atoms with Gasteiger partial charge in [0.25, 0.3) is 6.43 Å². The molecule has 0 bridgehead atoms. The van der Waals surface area contributed by atoms with Crippen molar-refractivity contribution in [3.8, 4) is 12.1 Å². The van der Waals surface area contributed by atoms with E-state index in [0.717, 1.165) is 6.07 Å². The van der Waals surface area contributed by atoms with Crippen molar-refractivity contribution in [2.45, 2.75) is 12.8 Å². The molecule has 0 amide bonds. The van der Waals surface area contributed by atoms with Crippen LogP contribution in [0.25, 0.3) is 0 Å². The zero-order valence-electron chi connectivity index (χ0n) is 7.34. The summed E-state index contributed by atoms with van der Waals surface area (Å²) in [5.74, 6) is -1.01. The maximum atomic E-state index is 13.2. The molecule has 76 valence electrons. The maximum absolute atomic E-state index is 13.2. The predicted octanol–water partition coefficient (Wildman–Crippen LogP) is 2.10. The molecule has 0 aliphatic heterocycles. The smallest absolute Gasteiger partial charge is 0.233 e. The van der Waals surface area contributed by atoms with Gasteiger partial charge in [-0.15, -0.1) is 0 Å². The molecule has 1 aromatic heterocycles. The van der Waals surface area contributed by atoms with Gasteiger partial charge in [-0.3, -0.25) is 0 Å². The molecule has 0 fully saturated rings. The maximum Gasteiger partial charge on any atom is 0.280 e. The first-order chi connectivity index (χ1) is 7.10. The van der Waals surface area contributed by atoms with E-state index in [0.29, 0.717) is 0 Å². The minimum atomic E-state index is -2.89. The molecule has 3 nitrogen and oxygen atoms in total. The number of pyridine rings is 1. The largest absolute Gasteiger partial charge is 0.280 e. The first kappa shape index (κ1) is 11.0. The Kier molecular flexibility index (Phi) is 3.25. The number of hydrogen-bond acceptors (Lipinski definition) is 3. The standard InChI is InChI=1S/C9H4F3N3/c10-8-5(1-2-13)3-6(9(11)12)15-7(8)4-14/h3,9H,1H2. The highest BCUT2D eigenvalue weighted by Crippen LogP contribution is 2.21. The molecule has 0 N–H and O–H groups in total. The second-order valence-electron chi connectivity index (χ2n) is 2.62. The summed E-state index contributed by atoms with van der Waals surface area (Å²) in [7, 11) is 0. The van der Waals surface area contributed by atoms with Gasteiger partial charge in [0.1, 0.15) is 11.8 Å². The first-order valence-electron chi connectivity index (χ1n) is 3.84. The fourth-order valence-electron chi connectivity index (χ4n) is 1.00. The van der Waals surface area contributed by atoms with Crippen LogP contribution < -0.4 is 0 Å². The van der Waals surface area contributed by atoms with Gasteiger partial charge in [-0.2, -0.15) is 10.5 Å². The molecular weight excluding hydrogens is 207 g/mol. The zero-order chi connectivity index (χ0) is 11.4. The number of nitrogens with zero attached hydrogens (tertiary/aromatic N) is 3. The average molecular weight is 211 g/mol. The van der Waals surface area contributed by atoms with Crippen LogP contribution in [-0.4, -0.2) is 4.98 Å². The van der Waals surface area contributed by atoms with Crippen molar-refractivity contribution < 1.29 is 13.2 Å². The summed E-state index contributed by atoms with van der Waals surface area (Å²) in [4.78, 5) is 3.14. The third-order valence-electron chi connectivity index (χ3n) is 1.65. The van der Waals surface area contributed by atoms with E-state index in [1.165, 1.54) is 6.07 Å². The Hall–Kier alpha value is -2.08. The number of halogens is 3. The van der Waals surface area contributed by atoms with Crippen LogP contribution in [-0.2, 0) is 6.42 Å². The molecule has 15 heavy (non-hydrogen) atoms. The first-order valence-corrected chi connectivity index (χ1v) is 3.84. The van der Waals surface area contributed by atoms with E-state index in [9.17, 15) is 13.2 Å². The SMILES string of the molecule is N#CCc1cc(C(F)F)nc(C#N)c1F. The van der Waals surface area contributed by atoms with Gasteiger partial charge in [0.05, 0.1) is 12.5 Å². The van der Waals surface area contributed by atoms with Crippen LogP contribution in [0, 0.1) is 28.5 Å². The van der Waals surface area contributed by atoms with Gasteiger partial charge in [0.2, 0.25) is 0 Å². The highest BCUT2D eigenvalue weighted by atomic mass is 19.3. The molecular formula is C9H4F3N3. The van der Waals surface area contributed by atoms with E-state index >= 15 is 0 Å². The molecule has 0 atom stereocenters. The van der Waals surface area contributed by atoms with Crippen molar-refractivity contribution >= 4 is 0 Å². The zero-order valence-corrected chi connectivity index (χ0v) is 7.34. The summed E-state index contributed by atoms with van der Waals surface area (Å²) in [5.41, 5.74) is -1.64. The lowest BCUT2D eigenvalue weighted by Crippen LogP contribution is -2.02. The molecule has 6 heteroatoms. The molecule has 0 saturated heterocycles. The third-order valence-corrected chi connectivity index (χ3v) is 1.65. The van der Waals surface area contributed by atoms with Crippen LogP contribution in [0.1, 0.15) is 23.4 Å². The quantitative estimate of drug-likeness (QED) is 0.752. The van der Waals surface area contributed by atoms with Crippen LogP contribution in [0.2, 0.25) is 0 Å². The van der Waals surface area contributed by atoms with E-state index in [-0.39, 0.29) is 12.0 Å². The Morgan fingerprint density at radius 2 is 2.07 bits per heavy atom. The average Bonchev–Trinajstić information content (AvgIpc) is 2.21. The van der Waals surface area contributed by atoms with Crippen molar-refractivity contribution in [3.05, 3.63) is 28.8 Å². The highest BCUT2D eigenvalue weighted by molar-refractivity contribution is 5.33. The molecule has 0 aliphatic carbocycles. The molecule has 0 unspecified atom stereocenters. The molecule has 0 radical (unpaired) electrons. The van der Waals surface area contributed by atoms with Crippen molar-refractivity contribution in [1.29, 1.82) is 10.5 Å². The van der Waals surface area contributed by atoms with Crippen LogP contribution in [0.5, 0.6) is 0 Å². The number of hydrogen-bond donors (Lipinski definition) is 0. The van der Waals surface area contributed by atoms with E-state index in [1.807, 2.05) is 0 Å². The van der Waals surface area contributed by atoms with Crippen molar-refractivity contribution in [2.24, 2.45) is 0 Å². The van der Waals surface area contributed by atoms with Crippen molar-refractivity contribution in [3.63, 3.8) is 0 Å². The molecule has 1 rings (SSSR count). The van der Waals surface area contributed by atoms with Crippen molar-refractivity contribution in [2.75, 3.05) is 0 Å². The summed E-state index contributed by atoms with van der Waals surface area (Å²) in [6.07, 6.45) is -3.27. The molecule has 0 aromatic carbocycles. The van der Waals surface area contributed by atoms with Gasteiger partial charge >= 0.3 is 0 Å². The lowest BCUT2D eigenvalue weighted by atomic mass is 10.1. The molecule has 0 saturated carbocycles. The van der Waals surface area contributed by atoms with Crippen LogP contribution in [0.3, 0.4) is 0 Å². The number of rotatable bonds is 2. The number of nitriles is 2. The highest BCUT2D eigenvalue weighted by Gasteiger charge is 2.17. The van der Waals surface area contributed by atoms with E-state index in [4.69, 9.17) is 10.5 Å². The number of aromatic nitrogens is 1.